The molecule has 0 bridgehead atoms. The fourth-order valence-electron chi connectivity index (χ4n) is 2.31. The molecule has 1 aromatic heterocycles. The van der Waals surface area contributed by atoms with E-state index in [1.165, 1.54) is 0 Å². The Morgan fingerprint density at radius 2 is 1.92 bits per heavy atom. The Balaban J connectivity index is 1.85. The Bertz CT molecular complexity index is 833. The summed E-state index contributed by atoms with van der Waals surface area (Å²) >= 11 is 3.44. The molecule has 0 aliphatic heterocycles. The highest BCUT2D eigenvalue weighted by Gasteiger charge is 2.21. The number of hydrogen-bond acceptors (Lipinski definition) is 4. The molecule has 0 saturated carbocycles. The van der Waals surface area contributed by atoms with E-state index in [4.69, 9.17) is 4.52 Å². The Kier molecular flexibility index (Phi) is 4.96. The molecule has 0 saturated heterocycles. The van der Waals surface area contributed by atoms with Gasteiger partial charge in [-0.2, -0.15) is 0 Å². The molecule has 2 aromatic carbocycles. The third kappa shape index (κ3) is 4.02. The average Bonchev–Trinajstić information content (AvgIpc) is 2.98. The molecule has 3 rings (SSSR count). The molecule has 24 heavy (non-hydrogen) atoms. The number of nitrogens with zero attached hydrogens (tertiary/aromatic N) is 1. The second-order valence-corrected chi connectivity index (χ2v) is 6.23. The zero-order valence-electron chi connectivity index (χ0n) is 13.0. The van der Waals surface area contributed by atoms with Gasteiger partial charge in [0.05, 0.1) is 0 Å². The summed E-state index contributed by atoms with van der Waals surface area (Å²) in [4.78, 5) is 12.7. The highest BCUT2D eigenvalue weighted by Crippen LogP contribution is 2.23. The van der Waals surface area contributed by atoms with E-state index in [1.807, 2.05) is 54.6 Å². The minimum atomic E-state index is -0.558. The highest BCUT2D eigenvalue weighted by atomic mass is 79.9. The molecular weight excluding hydrogens is 370 g/mol. The van der Waals surface area contributed by atoms with Gasteiger partial charge in [-0.25, -0.2) is 0 Å². The topological polar surface area (TPSA) is 67.2 Å². The van der Waals surface area contributed by atoms with Crippen molar-refractivity contribution in [2.75, 3.05) is 10.6 Å². The van der Waals surface area contributed by atoms with Gasteiger partial charge in [0.15, 0.2) is 5.82 Å². The van der Waals surface area contributed by atoms with Crippen molar-refractivity contribution in [1.29, 1.82) is 0 Å². The van der Waals surface area contributed by atoms with Crippen molar-refractivity contribution in [2.45, 2.75) is 13.0 Å². The number of benzene rings is 2. The third-order valence-electron chi connectivity index (χ3n) is 3.41. The standard InChI is InChI=1S/C18H16BrN3O2/c1-12-10-16(22-24-12)21-18(23)17(13-6-3-2-4-7-13)20-15-9-5-8-14(19)11-15/h2-11,17,20H,1H3,(H,21,22,23). The zero-order chi connectivity index (χ0) is 16.9. The molecule has 0 aliphatic rings. The van der Waals surface area contributed by atoms with Crippen LogP contribution >= 0.6 is 15.9 Å². The highest BCUT2D eigenvalue weighted by molar-refractivity contribution is 9.10. The van der Waals surface area contributed by atoms with Crippen molar-refractivity contribution in [3.8, 4) is 0 Å². The first-order valence-corrected chi connectivity index (χ1v) is 8.22. The van der Waals surface area contributed by atoms with E-state index in [0.29, 0.717) is 11.6 Å². The minimum absolute atomic E-state index is 0.213. The van der Waals surface area contributed by atoms with Gasteiger partial charge in [0.25, 0.3) is 5.91 Å². The third-order valence-corrected chi connectivity index (χ3v) is 3.90. The maximum Gasteiger partial charge on any atom is 0.252 e. The van der Waals surface area contributed by atoms with Crippen molar-refractivity contribution in [3.05, 3.63) is 76.5 Å². The first-order chi connectivity index (χ1) is 11.6. The number of amides is 1. The van der Waals surface area contributed by atoms with Crippen molar-refractivity contribution >= 4 is 33.3 Å². The van der Waals surface area contributed by atoms with Crippen LogP contribution < -0.4 is 10.6 Å². The number of nitrogens with one attached hydrogen (secondary N) is 2. The van der Waals surface area contributed by atoms with E-state index >= 15 is 0 Å². The van der Waals surface area contributed by atoms with Crippen LogP contribution in [0, 0.1) is 6.92 Å². The van der Waals surface area contributed by atoms with Gasteiger partial charge in [-0.15, -0.1) is 0 Å². The number of aryl methyl sites for hydroxylation is 1. The molecule has 0 fully saturated rings. The average molecular weight is 386 g/mol. The van der Waals surface area contributed by atoms with Crippen molar-refractivity contribution < 1.29 is 9.32 Å². The largest absolute Gasteiger partial charge is 0.370 e. The normalized spacial score (nSPS) is 11.8. The number of hydrogen-bond donors (Lipinski definition) is 2. The van der Waals surface area contributed by atoms with Gasteiger partial charge in [-0.05, 0) is 30.7 Å². The lowest BCUT2D eigenvalue weighted by molar-refractivity contribution is -0.117. The molecule has 0 radical (unpaired) electrons. The lowest BCUT2D eigenvalue weighted by Gasteiger charge is -2.19. The number of aromatic nitrogens is 1. The molecule has 122 valence electrons. The quantitative estimate of drug-likeness (QED) is 0.676. The lowest BCUT2D eigenvalue weighted by Crippen LogP contribution is -2.27. The maximum absolute atomic E-state index is 12.7. The minimum Gasteiger partial charge on any atom is -0.370 e. The summed E-state index contributed by atoms with van der Waals surface area (Å²) in [6.45, 7) is 1.77. The molecule has 6 heteroatoms. The smallest absolute Gasteiger partial charge is 0.252 e. The van der Waals surface area contributed by atoms with Crippen LogP contribution in [-0.2, 0) is 4.79 Å². The molecule has 0 aliphatic carbocycles. The van der Waals surface area contributed by atoms with E-state index < -0.39 is 6.04 Å². The molecule has 1 heterocycles. The Morgan fingerprint density at radius 3 is 2.58 bits per heavy atom. The first-order valence-electron chi connectivity index (χ1n) is 7.43. The van der Waals surface area contributed by atoms with Crippen molar-refractivity contribution in [1.82, 2.24) is 5.16 Å². The summed E-state index contributed by atoms with van der Waals surface area (Å²) in [6.07, 6.45) is 0. The summed E-state index contributed by atoms with van der Waals surface area (Å²) in [5.74, 6) is 0.824. The Hall–Kier alpha value is -2.60. The van der Waals surface area contributed by atoms with Crippen LogP contribution in [0.15, 0.2) is 69.7 Å². The fourth-order valence-corrected chi connectivity index (χ4v) is 2.71. The second kappa shape index (κ2) is 7.31. The van der Waals surface area contributed by atoms with Gasteiger partial charge < -0.3 is 15.2 Å². The predicted molar refractivity (Wildman–Crippen MR) is 96.8 cm³/mol. The zero-order valence-corrected chi connectivity index (χ0v) is 14.6. The second-order valence-electron chi connectivity index (χ2n) is 5.31. The fraction of sp³-hybridized carbons (Fsp3) is 0.111. The summed E-state index contributed by atoms with van der Waals surface area (Å²) in [5, 5.41) is 9.85. The molecule has 5 nitrogen and oxygen atoms in total. The van der Waals surface area contributed by atoms with E-state index in [9.17, 15) is 4.79 Å². The van der Waals surface area contributed by atoms with Gasteiger partial charge in [-0.3, -0.25) is 4.79 Å². The van der Waals surface area contributed by atoms with Gasteiger partial charge in [-0.1, -0.05) is 57.5 Å². The molecule has 3 aromatic rings. The summed E-state index contributed by atoms with van der Waals surface area (Å²) in [7, 11) is 0. The number of carbonyl (C=O) groups excluding carboxylic acids is 1. The van der Waals surface area contributed by atoms with Crippen LogP contribution in [0.4, 0.5) is 11.5 Å². The molecular formula is C18H16BrN3O2. The predicted octanol–water partition coefficient (Wildman–Crippen LogP) is 4.54. The molecule has 1 amide bonds. The van der Waals surface area contributed by atoms with Gasteiger partial charge >= 0.3 is 0 Å². The van der Waals surface area contributed by atoms with E-state index in [-0.39, 0.29) is 5.91 Å². The SMILES string of the molecule is Cc1cc(NC(=O)C(Nc2cccc(Br)c2)c2ccccc2)no1. The van der Waals surface area contributed by atoms with Crippen LogP contribution in [0.1, 0.15) is 17.4 Å². The lowest BCUT2D eigenvalue weighted by atomic mass is 10.1. The van der Waals surface area contributed by atoms with Crippen LogP contribution in [0.2, 0.25) is 0 Å². The maximum atomic E-state index is 12.7. The Morgan fingerprint density at radius 1 is 1.12 bits per heavy atom. The van der Waals surface area contributed by atoms with Crippen LogP contribution in [0.25, 0.3) is 0 Å². The number of rotatable bonds is 5. The van der Waals surface area contributed by atoms with Gasteiger partial charge in [0, 0.05) is 16.2 Å². The molecule has 1 atom stereocenters. The van der Waals surface area contributed by atoms with Gasteiger partial charge in [0.2, 0.25) is 0 Å². The molecule has 2 N–H and O–H groups in total. The van der Waals surface area contributed by atoms with Crippen molar-refractivity contribution in [3.63, 3.8) is 0 Å². The number of carbonyl (C=O) groups is 1. The van der Waals surface area contributed by atoms with E-state index in [2.05, 4.69) is 31.7 Å². The summed E-state index contributed by atoms with van der Waals surface area (Å²) in [5.41, 5.74) is 1.69. The summed E-state index contributed by atoms with van der Waals surface area (Å²) < 4.78 is 5.93. The van der Waals surface area contributed by atoms with Crippen LogP contribution in [0.5, 0.6) is 0 Å². The summed E-state index contributed by atoms with van der Waals surface area (Å²) in [6, 6.07) is 18.3. The van der Waals surface area contributed by atoms with Crippen molar-refractivity contribution in [2.24, 2.45) is 0 Å². The Labute approximate surface area is 148 Å². The molecule has 1 unspecified atom stereocenters. The number of halogens is 1. The first kappa shape index (κ1) is 16.3. The van der Waals surface area contributed by atoms with Gasteiger partial charge in [0.1, 0.15) is 11.8 Å². The number of anilines is 2. The van der Waals surface area contributed by atoms with E-state index in [1.54, 1.807) is 13.0 Å². The van der Waals surface area contributed by atoms with Crippen LogP contribution in [-0.4, -0.2) is 11.1 Å². The van der Waals surface area contributed by atoms with E-state index in [0.717, 1.165) is 15.7 Å². The monoisotopic (exact) mass is 385 g/mol. The molecule has 0 spiro atoms. The van der Waals surface area contributed by atoms with Crippen LogP contribution in [0.3, 0.4) is 0 Å².